The second-order valence-corrected chi connectivity index (χ2v) is 6.96. The summed E-state index contributed by atoms with van der Waals surface area (Å²) in [7, 11) is 0. The maximum absolute atomic E-state index is 5.44. The minimum atomic E-state index is 0.504. The molecule has 0 unspecified atom stereocenters. The molecule has 4 rings (SSSR count). The van der Waals surface area contributed by atoms with Crippen LogP contribution in [0.15, 0.2) is 52.6 Å². The largest absolute Gasteiger partial charge is 0.467 e. The van der Waals surface area contributed by atoms with E-state index < -0.39 is 0 Å². The number of aromatic nitrogens is 5. The van der Waals surface area contributed by atoms with Crippen molar-refractivity contribution >= 4 is 11.9 Å². The number of hydrogen-bond donors (Lipinski definition) is 1. The van der Waals surface area contributed by atoms with Gasteiger partial charge in [0.15, 0.2) is 5.96 Å². The van der Waals surface area contributed by atoms with Crippen LogP contribution in [-0.4, -0.2) is 68.3 Å². The summed E-state index contributed by atoms with van der Waals surface area (Å²) in [4.78, 5) is 18.0. The molecule has 0 radical (unpaired) electrons. The number of anilines is 1. The van der Waals surface area contributed by atoms with Crippen molar-refractivity contribution in [3.8, 4) is 0 Å². The van der Waals surface area contributed by atoms with E-state index in [1.807, 2.05) is 18.2 Å². The molecule has 10 nitrogen and oxygen atoms in total. The number of hydrogen-bond acceptors (Lipinski definition) is 7. The second-order valence-electron chi connectivity index (χ2n) is 6.96. The number of aliphatic imine (C=N–C) groups is 1. The molecular weight excluding hydrogens is 382 g/mol. The van der Waals surface area contributed by atoms with Crippen molar-refractivity contribution in [1.82, 2.24) is 34.9 Å². The Morgan fingerprint density at radius 1 is 1.17 bits per heavy atom. The van der Waals surface area contributed by atoms with Gasteiger partial charge in [0.1, 0.15) is 24.5 Å². The van der Waals surface area contributed by atoms with Gasteiger partial charge in [-0.25, -0.2) is 15.0 Å². The zero-order valence-electron chi connectivity index (χ0n) is 17.2. The highest BCUT2D eigenvalue weighted by Crippen LogP contribution is 2.10. The fourth-order valence-electron chi connectivity index (χ4n) is 3.42. The van der Waals surface area contributed by atoms with E-state index in [2.05, 4.69) is 46.8 Å². The van der Waals surface area contributed by atoms with E-state index in [4.69, 9.17) is 9.41 Å². The third kappa shape index (κ3) is 4.94. The van der Waals surface area contributed by atoms with Crippen molar-refractivity contribution in [3.05, 3.63) is 54.8 Å². The van der Waals surface area contributed by atoms with Crippen LogP contribution in [0.5, 0.6) is 0 Å². The zero-order valence-corrected chi connectivity index (χ0v) is 17.2. The molecule has 0 bridgehead atoms. The molecule has 158 valence electrons. The van der Waals surface area contributed by atoms with Gasteiger partial charge in [0, 0.05) is 58.1 Å². The Bertz CT molecular complexity index is 915. The first-order chi connectivity index (χ1) is 14.8. The first-order valence-corrected chi connectivity index (χ1v) is 10.3. The van der Waals surface area contributed by atoms with Gasteiger partial charge in [-0.1, -0.05) is 6.92 Å². The number of nitrogens with zero attached hydrogens (tertiary/aromatic N) is 8. The standard InChI is InChI=1S/C20H27N9O/c1-2-18-26-25-16-29(18)9-8-23-20(24-15-17-5-3-14-30-17)28-12-10-27(11-13-28)19-21-6-4-7-22-19/h3-7,14,16H,2,8-13,15H2,1H3,(H,23,24). The van der Waals surface area contributed by atoms with Crippen LogP contribution < -0.4 is 10.2 Å². The van der Waals surface area contributed by atoms with Gasteiger partial charge < -0.3 is 24.1 Å². The third-order valence-electron chi connectivity index (χ3n) is 5.03. The normalized spacial score (nSPS) is 14.9. The molecule has 0 saturated carbocycles. The SMILES string of the molecule is CCc1nncn1CCNC(=NCc1ccco1)N1CCN(c2ncccn2)CC1. The van der Waals surface area contributed by atoms with Gasteiger partial charge in [0.25, 0.3) is 0 Å². The monoisotopic (exact) mass is 409 g/mol. The fraction of sp³-hybridized carbons (Fsp3) is 0.450. The lowest BCUT2D eigenvalue weighted by atomic mass is 10.3. The van der Waals surface area contributed by atoms with Gasteiger partial charge in [-0.2, -0.15) is 0 Å². The van der Waals surface area contributed by atoms with E-state index in [-0.39, 0.29) is 0 Å². The van der Waals surface area contributed by atoms with E-state index in [1.165, 1.54) is 0 Å². The minimum absolute atomic E-state index is 0.504. The molecular formula is C20H27N9O. The molecule has 0 spiro atoms. The van der Waals surface area contributed by atoms with Gasteiger partial charge in [0.2, 0.25) is 5.95 Å². The number of aryl methyl sites for hydroxylation is 1. The maximum Gasteiger partial charge on any atom is 0.225 e. The highest BCUT2D eigenvalue weighted by atomic mass is 16.3. The van der Waals surface area contributed by atoms with Gasteiger partial charge in [0.05, 0.1) is 6.26 Å². The Morgan fingerprint density at radius 3 is 2.73 bits per heavy atom. The van der Waals surface area contributed by atoms with Crippen molar-refractivity contribution in [2.24, 2.45) is 4.99 Å². The van der Waals surface area contributed by atoms with Crippen LogP contribution in [0, 0.1) is 0 Å². The molecule has 1 aliphatic rings. The topological polar surface area (TPSA) is 100 Å². The van der Waals surface area contributed by atoms with E-state index in [9.17, 15) is 0 Å². The van der Waals surface area contributed by atoms with Crippen LogP contribution >= 0.6 is 0 Å². The molecule has 1 fully saturated rings. The molecule has 3 aromatic heterocycles. The first-order valence-electron chi connectivity index (χ1n) is 10.3. The molecule has 10 heteroatoms. The van der Waals surface area contributed by atoms with Crippen LogP contribution in [0.1, 0.15) is 18.5 Å². The molecule has 4 heterocycles. The van der Waals surface area contributed by atoms with Crippen molar-refractivity contribution in [2.45, 2.75) is 26.4 Å². The Hall–Kier alpha value is -3.43. The lowest BCUT2D eigenvalue weighted by Gasteiger charge is -2.36. The summed E-state index contributed by atoms with van der Waals surface area (Å²) >= 11 is 0. The molecule has 0 aromatic carbocycles. The van der Waals surface area contributed by atoms with Gasteiger partial charge in [-0.3, -0.25) is 0 Å². The third-order valence-corrected chi connectivity index (χ3v) is 5.03. The van der Waals surface area contributed by atoms with Gasteiger partial charge in [-0.15, -0.1) is 10.2 Å². The molecule has 1 aliphatic heterocycles. The summed E-state index contributed by atoms with van der Waals surface area (Å²) in [5, 5.41) is 11.7. The second kappa shape index (κ2) is 9.86. The number of piperazine rings is 1. The van der Waals surface area contributed by atoms with E-state index >= 15 is 0 Å². The first kappa shape index (κ1) is 19.9. The molecule has 3 aromatic rings. The minimum Gasteiger partial charge on any atom is -0.467 e. The Kier molecular flexibility index (Phi) is 6.53. The number of guanidine groups is 1. The summed E-state index contributed by atoms with van der Waals surface area (Å²) in [6.07, 6.45) is 7.88. The summed E-state index contributed by atoms with van der Waals surface area (Å²) < 4.78 is 7.51. The molecule has 0 amide bonds. The van der Waals surface area contributed by atoms with Crippen LogP contribution in [0.4, 0.5) is 5.95 Å². The van der Waals surface area contributed by atoms with Crippen molar-refractivity contribution < 1.29 is 4.42 Å². The van der Waals surface area contributed by atoms with Crippen molar-refractivity contribution in [1.29, 1.82) is 0 Å². The van der Waals surface area contributed by atoms with Gasteiger partial charge >= 0.3 is 0 Å². The summed E-state index contributed by atoms with van der Waals surface area (Å²) in [5.74, 6) is 3.49. The van der Waals surface area contributed by atoms with Crippen molar-refractivity contribution in [3.63, 3.8) is 0 Å². The molecule has 1 N–H and O–H groups in total. The van der Waals surface area contributed by atoms with Crippen LogP contribution in [0.2, 0.25) is 0 Å². The number of rotatable bonds is 7. The van der Waals surface area contributed by atoms with Crippen LogP contribution in [-0.2, 0) is 19.5 Å². The average Bonchev–Trinajstić information content (AvgIpc) is 3.49. The Labute approximate surface area is 175 Å². The predicted octanol–water partition coefficient (Wildman–Crippen LogP) is 1.19. The Morgan fingerprint density at radius 2 is 2.00 bits per heavy atom. The molecule has 30 heavy (non-hydrogen) atoms. The molecule has 0 atom stereocenters. The lowest BCUT2D eigenvalue weighted by molar-refractivity contribution is 0.367. The highest BCUT2D eigenvalue weighted by Gasteiger charge is 2.21. The lowest BCUT2D eigenvalue weighted by Crippen LogP contribution is -2.53. The van der Waals surface area contributed by atoms with Crippen molar-refractivity contribution in [2.75, 3.05) is 37.6 Å². The highest BCUT2D eigenvalue weighted by molar-refractivity contribution is 5.80. The zero-order chi connectivity index (χ0) is 20.6. The maximum atomic E-state index is 5.44. The smallest absolute Gasteiger partial charge is 0.225 e. The van der Waals surface area contributed by atoms with E-state index in [0.29, 0.717) is 6.54 Å². The quantitative estimate of drug-likeness (QED) is 0.459. The average molecular weight is 409 g/mol. The Balaban J connectivity index is 1.38. The summed E-state index contributed by atoms with van der Waals surface area (Å²) in [6, 6.07) is 5.66. The predicted molar refractivity (Wildman–Crippen MR) is 113 cm³/mol. The van der Waals surface area contributed by atoms with E-state index in [1.54, 1.807) is 25.0 Å². The summed E-state index contributed by atoms with van der Waals surface area (Å²) in [6.45, 7) is 7.49. The van der Waals surface area contributed by atoms with Gasteiger partial charge in [-0.05, 0) is 18.2 Å². The molecule has 1 saturated heterocycles. The van der Waals surface area contributed by atoms with Crippen LogP contribution in [0.25, 0.3) is 0 Å². The number of nitrogens with one attached hydrogen (secondary N) is 1. The number of furan rings is 1. The fourth-order valence-corrected chi connectivity index (χ4v) is 3.42. The molecule has 0 aliphatic carbocycles. The summed E-state index contributed by atoms with van der Waals surface area (Å²) in [5.41, 5.74) is 0. The van der Waals surface area contributed by atoms with E-state index in [0.717, 1.165) is 69.2 Å². The van der Waals surface area contributed by atoms with Crippen LogP contribution in [0.3, 0.4) is 0 Å².